The van der Waals surface area contributed by atoms with Crippen LogP contribution in [0.25, 0.3) is 0 Å². The van der Waals surface area contributed by atoms with E-state index in [4.69, 9.17) is 5.11 Å². The average Bonchev–Trinajstić information content (AvgIpc) is 2.47. The van der Waals surface area contributed by atoms with Crippen LogP contribution in [0.2, 0.25) is 0 Å². The van der Waals surface area contributed by atoms with Crippen LogP contribution < -0.4 is 5.32 Å². The molecule has 0 aliphatic rings. The minimum atomic E-state index is -0.874. The van der Waals surface area contributed by atoms with Gasteiger partial charge in [-0.15, -0.1) is 0 Å². The summed E-state index contributed by atoms with van der Waals surface area (Å²) in [7, 11) is 0. The summed E-state index contributed by atoms with van der Waals surface area (Å²) in [5, 5.41) is 14.9. The molecule has 0 bridgehead atoms. The van der Waals surface area contributed by atoms with Crippen LogP contribution in [0.4, 0.5) is 5.82 Å². The topological polar surface area (TPSA) is 84.2 Å². The third kappa shape index (κ3) is 3.26. The number of aromatic nitrogens is 2. The first-order valence-corrected chi connectivity index (χ1v) is 4.11. The fourth-order valence-electron chi connectivity index (χ4n) is 0.943. The Bertz CT molecular complexity index is 345. The summed E-state index contributed by atoms with van der Waals surface area (Å²) in [4.78, 5) is 20.9. The van der Waals surface area contributed by atoms with Crippen molar-refractivity contribution < 1.29 is 14.7 Å². The highest BCUT2D eigenvalue weighted by atomic mass is 16.4. The fourth-order valence-corrected chi connectivity index (χ4v) is 0.943. The Kier molecular flexibility index (Phi) is 3.22. The van der Waals surface area contributed by atoms with Crippen LogP contribution in [0, 0.1) is 0 Å². The zero-order chi connectivity index (χ0) is 10.6. The van der Waals surface area contributed by atoms with E-state index in [0.717, 1.165) is 0 Å². The van der Waals surface area contributed by atoms with Crippen LogP contribution in [0.15, 0.2) is 12.3 Å². The van der Waals surface area contributed by atoms with Crippen molar-refractivity contribution >= 4 is 17.7 Å². The van der Waals surface area contributed by atoms with Crippen molar-refractivity contribution in [1.82, 2.24) is 9.78 Å². The third-order valence-corrected chi connectivity index (χ3v) is 1.50. The van der Waals surface area contributed by atoms with Gasteiger partial charge in [-0.2, -0.15) is 5.10 Å². The van der Waals surface area contributed by atoms with E-state index in [2.05, 4.69) is 10.4 Å². The lowest BCUT2D eigenvalue weighted by molar-refractivity contribution is -0.137. The molecule has 76 valence electrons. The number of hydrogen-bond acceptors (Lipinski definition) is 3. The molecule has 14 heavy (non-hydrogen) atoms. The Balaban J connectivity index is 2.50. The minimum Gasteiger partial charge on any atom is -0.481 e. The molecule has 0 spiro atoms. The van der Waals surface area contributed by atoms with Crippen LogP contribution in [-0.2, 0) is 16.1 Å². The van der Waals surface area contributed by atoms with Gasteiger partial charge in [0.15, 0.2) is 5.82 Å². The molecule has 1 aromatic rings. The molecule has 1 rings (SSSR count). The molecule has 0 radical (unpaired) electrons. The molecule has 0 atom stereocenters. The highest BCUT2D eigenvalue weighted by Crippen LogP contribution is 2.02. The summed E-state index contributed by atoms with van der Waals surface area (Å²) >= 11 is 0. The molecule has 1 aromatic heterocycles. The standard InChI is InChI=1S/C8H11N3O3/c1-6(12)9-7-2-4-11(10-7)5-3-8(13)14/h2,4H,3,5H2,1H3,(H,13,14)(H,9,10,12). The lowest BCUT2D eigenvalue weighted by Gasteiger charge is -1.97. The van der Waals surface area contributed by atoms with Crippen molar-refractivity contribution in [1.29, 1.82) is 0 Å². The molecular weight excluding hydrogens is 186 g/mol. The smallest absolute Gasteiger partial charge is 0.305 e. The van der Waals surface area contributed by atoms with E-state index in [0.29, 0.717) is 12.4 Å². The van der Waals surface area contributed by atoms with Gasteiger partial charge in [0.05, 0.1) is 13.0 Å². The van der Waals surface area contributed by atoms with Gasteiger partial charge in [0.2, 0.25) is 5.91 Å². The molecule has 6 nitrogen and oxygen atoms in total. The Morgan fingerprint density at radius 3 is 2.93 bits per heavy atom. The summed E-state index contributed by atoms with van der Waals surface area (Å²) in [6, 6.07) is 1.61. The lowest BCUT2D eigenvalue weighted by atomic mass is 10.4. The first-order chi connectivity index (χ1) is 6.58. The molecule has 0 saturated carbocycles. The first-order valence-electron chi connectivity index (χ1n) is 4.11. The average molecular weight is 197 g/mol. The molecule has 2 N–H and O–H groups in total. The minimum absolute atomic E-state index is 0.0151. The number of carboxylic acid groups (broad SMARTS) is 1. The number of aryl methyl sites for hydroxylation is 1. The second-order valence-corrected chi connectivity index (χ2v) is 2.79. The number of carbonyl (C=O) groups is 2. The van der Waals surface area contributed by atoms with E-state index < -0.39 is 5.97 Å². The number of carbonyl (C=O) groups excluding carboxylic acids is 1. The van der Waals surface area contributed by atoms with Gasteiger partial charge in [-0.05, 0) is 0 Å². The Labute approximate surface area is 80.5 Å². The fraction of sp³-hybridized carbons (Fsp3) is 0.375. The highest BCUT2D eigenvalue weighted by molar-refractivity contribution is 5.87. The van der Waals surface area contributed by atoms with Crippen LogP contribution in [-0.4, -0.2) is 26.8 Å². The van der Waals surface area contributed by atoms with Gasteiger partial charge in [0, 0.05) is 19.2 Å². The van der Waals surface area contributed by atoms with Crippen molar-refractivity contribution in [2.45, 2.75) is 19.9 Å². The van der Waals surface area contributed by atoms with Crippen LogP contribution in [0.5, 0.6) is 0 Å². The summed E-state index contributed by atoms with van der Waals surface area (Å²) in [6.07, 6.45) is 1.63. The Hall–Kier alpha value is -1.85. The van der Waals surface area contributed by atoms with E-state index in [9.17, 15) is 9.59 Å². The quantitative estimate of drug-likeness (QED) is 0.727. The predicted octanol–water partition coefficient (Wildman–Crippen LogP) is 0.316. The zero-order valence-electron chi connectivity index (χ0n) is 7.73. The Morgan fingerprint density at radius 1 is 1.64 bits per heavy atom. The van der Waals surface area contributed by atoms with Crippen molar-refractivity contribution in [2.24, 2.45) is 0 Å². The maximum absolute atomic E-state index is 10.6. The van der Waals surface area contributed by atoms with Gasteiger partial charge in [0.25, 0.3) is 0 Å². The number of nitrogens with one attached hydrogen (secondary N) is 1. The molecule has 6 heteroatoms. The maximum Gasteiger partial charge on any atom is 0.305 e. The van der Waals surface area contributed by atoms with Gasteiger partial charge in [-0.1, -0.05) is 0 Å². The molecule has 0 aliphatic carbocycles. The van der Waals surface area contributed by atoms with Gasteiger partial charge in [-0.25, -0.2) is 0 Å². The summed E-state index contributed by atoms with van der Waals surface area (Å²) in [6.45, 7) is 1.69. The number of carboxylic acids is 1. The highest BCUT2D eigenvalue weighted by Gasteiger charge is 2.02. The van der Waals surface area contributed by atoms with E-state index in [1.165, 1.54) is 11.6 Å². The molecule has 1 heterocycles. The number of amides is 1. The van der Waals surface area contributed by atoms with Crippen LogP contribution in [0.1, 0.15) is 13.3 Å². The summed E-state index contributed by atoms with van der Waals surface area (Å²) in [5.41, 5.74) is 0. The molecule has 0 unspecified atom stereocenters. The van der Waals surface area contributed by atoms with Crippen LogP contribution >= 0.6 is 0 Å². The molecule has 0 fully saturated rings. The monoisotopic (exact) mass is 197 g/mol. The first kappa shape index (κ1) is 10.2. The van der Waals surface area contributed by atoms with Crippen molar-refractivity contribution in [3.05, 3.63) is 12.3 Å². The van der Waals surface area contributed by atoms with E-state index in [-0.39, 0.29) is 12.3 Å². The second-order valence-electron chi connectivity index (χ2n) is 2.79. The van der Waals surface area contributed by atoms with E-state index in [1.807, 2.05) is 0 Å². The second kappa shape index (κ2) is 4.40. The Morgan fingerprint density at radius 2 is 2.36 bits per heavy atom. The molecule has 0 aromatic carbocycles. The zero-order valence-corrected chi connectivity index (χ0v) is 7.73. The lowest BCUT2D eigenvalue weighted by Crippen LogP contribution is -2.08. The number of aliphatic carboxylic acids is 1. The largest absolute Gasteiger partial charge is 0.481 e. The van der Waals surface area contributed by atoms with Gasteiger partial charge >= 0.3 is 5.97 Å². The SMILES string of the molecule is CC(=O)Nc1ccn(CCC(=O)O)n1. The van der Waals surface area contributed by atoms with E-state index >= 15 is 0 Å². The number of rotatable bonds is 4. The number of hydrogen-bond donors (Lipinski definition) is 2. The van der Waals surface area contributed by atoms with Gasteiger partial charge in [0.1, 0.15) is 0 Å². The summed E-state index contributed by atoms with van der Waals surface area (Å²) in [5.74, 6) is -0.641. The van der Waals surface area contributed by atoms with Gasteiger partial charge < -0.3 is 10.4 Å². The molecule has 1 amide bonds. The van der Waals surface area contributed by atoms with Gasteiger partial charge in [-0.3, -0.25) is 14.3 Å². The van der Waals surface area contributed by atoms with E-state index in [1.54, 1.807) is 12.3 Å². The normalized spacial score (nSPS) is 9.79. The maximum atomic E-state index is 10.6. The van der Waals surface area contributed by atoms with Crippen LogP contribution in [0.3, 0.4) is 0 Å². The van der Waals surface area contributed by atoms with Crippen molar-refractivity contribution in [3.8, 4) is 0 Å². The number of nitrogens with zero attached hydrogens (tertiary/aromatic N) is 2. The molecule has 0 saturated heterocycles. The van der Waals surface area contributed by atoms with Crippen molar-refractivity contribution in [3.63, 3.8) is 0 Å². The molecule has 0 aliphatic heterocycles. The van der Waals surface area contributed by atoms with Crippen molar-refractivity contribution in [2.75, 3.05) is 5.32 Å². The number of anilines is 1. The third-order valence-electron chi connectivity index (χ3n) is 1.50. The molecular formula is C8H11N3O3. The predicted molar refractivity (Wildman–Crippen MR) is 48.8 cm³/mol. The summed E-state index contributed by atoms with van der Waals surface area (Å²) < 4.78 is 1.47.